The molecule has 0 aliphatic heterocycles. The first-order chi connectivity index (χ1) is 7.75. The summed E-state index contributed by atoms with van der Waals surface area (Å²) in [5.41, 5.74) is 1.27. The summed E-state index contributed by atoms with van der Waals surface area (Å²) in [4.78, 5) is 7.85. The van der Waals surface area contributed by atoms with Gasteiger partial charge in [-0.15, -0.1) is 0 Å². The molecule has 0 saturated heterocycles. The lowest BCUT2D eigenvalue weighted by Gasteiger charge is -2.07. The molecule has 0 bridgehead atoms. The molecule has 0 unspecified atom stereocenters. The molecule has 2 aromatic rings. The Morgan fingerprint density at radius 2 is 2.19 bits per heavy atom. The van der Waals surface area contributed by atoms with Crippen LogP contribution in [0.15, 0.2) is 41.3 Å². The van der Waals surface area contributed by atoms with E-state index < -0.39 is 0 Å². The summed E-state index contributed by atoms with van der Waals surface area (Å²) in [6, 6.07) is 6.54. The van der Waals surface area contributed by atoms with Crippen molar-refractivity contribution in [1.29, 1.82) is 0 Å². The maximum atomic E-state index is 13.4. The maximum Gasteiger partial charge on any atom is 0.146 e. The van der Waals surface area contributed by atoms with Crippen LogP contribution in [0.25, 0.3) is 0 Å². The van der Waals surface area contributed by atoms with Gasteiger partial charge in [0.05, 0.1) is 17.9 Å². The number of nitrogens with zero attached hydrogens (tertiary/aromatic N) is 2. The molecule has 82 valence electrons. The molecule has 1 aromatic heterocycles. The molecule has 5 heteroatoms. The monoisotopic (exact) mass is 281 g/mol. The Labute approximate surface area is 101 Å². The predicted molar refractivity (Wildman–Crippen MR) is 63.5 cm³/mol. The zero-order valence-corrected chi connectivity index (χ0v) is 9.91. The predicted octanol–water partition coefficient (Wildman–Crippen LogP) is 2.99. The van der Waals surface area contributed by atoms with E-state index in [1.54, 1.807) is 24.4 Å². The third-order valence-electron chi connectivity index (χ3n) is 2.03. The molecule has 3 nitrogen and oxygen atoms in total. The quantitative estimate of drug-likeness (QED) is 0.940. The zero-order chi connectivity index (χ0) is 11.4. The van der Waals surface area contributed by atoms with Crippen molar-refractivity contribution >= 4 is 21.6 Å². The molecule has 16 heavy (non-hydrogen) atoms. The largest absolute Gasteiger partial charge is 0.377 e. The van der Waals surface area contributed by atoms with Crippen LogP contribution in [0, 0.1) is 5.82 Å². The lowest BCUT2D eigenvalue weighted by atomic mass is 10.3. The van der Waals surface area contributed by atoms with E-state index in [-0.39, 0.29) is 5.82 Å². The fraction of sp³-hybridized carbons (Fsp3) is 0.0909. The molecular formula is C11H9BrFN3. The highest BCUT2D eigenvalue weighted by Gasteiger charge is 2.02. The van der Waals surface area contributed by atoms with Gasteiger partial charge in [-0.25, -0.2) is 14.4 Å². The van der Waals surface area contributed by atoms with Gasteiger partial charge in [-0.1, -0.05) is 15.9 Å². The van der Waals surface area contributed by atoms with E-state index in [9.17, 15) is 4.39 Å². The molecule has 1 aromatic carbocycles. The van der Waals surface area contributed by atoms with Gasteiger partial charge in [-0.3, -0.25) is 0 Å². The van der Waals surface area contributed by atoms with E-state index in [0.717, 1.165) is 10.2 Å². The molecule has 0 fully saturated rings. The molecule has 0 atom stereocenters. The molecule has 0 amide bonds. The summed E-state index contributed by atoms with van der Waals surface area (Å²) in [5.74, 6) is -0.280. The van der Waals surface area contributed by atoms with Crippen LogP contribution in [0.4, 0.5) is 10.1 Å². The molecule has 0 spiro atoms. The summed E-state index contributed by atoms with van der Waals surface area (Å²) in [5, 5.41) is 2.97. The average molecular weight is 282 g/mol. The summed E-state index contributed by atoms with van der Waals surface area (Å²) >= 11 is 3.29. The van der Waals surface area contributed by atoms with Crippen LogP contribution < -0.4 is 5.32 Å². The van der Waals surface area contributed by atoms with Gasteiger partial charge in [0, 0.05) is 10.7 Å². The summed E-state index contributed by atoms with van der Waals surface area (Å²) in [6.45, 7) is 0.468. The molecule has 0 aliphatic carbocycles. The fourth-order valence-corrected chi connectivity index (χ4v) is 1.60. The fourth-order valence-electron chi connectivity index (χ4n) is 1.24. The second-order valence-electron chi connectivity index (χ2n) is 3.18. The van der Waals surface area contributed by atoms with Crippen molar-refractivity contribution in [3.8, 4) is 0 Å². The zero-order valence-electron chi connectivity index (χ0n) is 8.32. The van der Waals surface area contributed by atoms with E-state index in [1.807, 2.05) is 0 Å². The lowest BCUT2D eigenvalue weighted by molar-refractivity contribution is 0.629. The number of rotatable bonds is 3. The molecule has 2 rings (SSSR count). The lowest BCUT2D eigenvalue weighted by Crippen LogP contribution is -2.03. The second-order valence-corrected chi connectivity index (χ2v) is 4.09. The summed E-state index contributed by atoms with van der Waals surface area (Å²) in [6.07, 6.45) is 3.12. The molecule has 1 N–H and O–H groups in total. The Kier molecular flexibility index (Phi) is 3.46. The highest BCUT2D eigenvalue weighted by atomic mass is 79.9. The Hall–Kier alpha value is -1.49. The first kappa shape index (κ1) is 11.0. The highest BCUT2D eigenvalue weighted by Crippen LogP contribution is 2.20. The van der Waals surface area contributed by atoms with Crippen LogP contribution in [0.2, 0.25) is 0 Å². The Morgan fingerprint density at radius 1 is 1.31 bits per heavy atom. The molecule has 0 radical (unpaired) electrons. The number of hydrogen-bond acceptors (Lipinski definition) is 3. The number of aromatic nitrogens is 2. The van der Waals surface area contributed by atoms with Crippen molar-refractivity contribution < 1.29 is 4.39 Å². The minimum Gasteiger partial charge on any atom is -0.377 e. The van der Waals surface area contributed by atoms with Gasteiger partial charge >= 0.3 is 0 Å². The summed E-state index contributed by atoms with van der Waals surface area (Å²) < 4.78 is 14.2. The van der Waals surface area contributed by atoms with Gasteiger partial charge in [-0.2, -0.15) is 0 Å². The molecule has 1 heterocycles. The van der Waals surface area contributed by atoms with Gasteiger partial charge in [0.1, 0.15) is 12.1 Å². The van der Waals surface area contributed by atoms with E-state index in [0.29, 0.717) is 12.2 Å². The van der Waals surface area contributed by atoms with Crippen molar-refractivity contribution in [2.24, 2.45) is 0 Å². The van der Waals surface area contributed by atoms with Crippen LogP contribution in [-0.2, 0) is 6.54 Å². The van der Waals surface area contributed by atoms with E-state index >= 15 is 0 Å². The molecule has 0 saturated carbocycles. The first-order valence-electron chi connectivity index (χ1n) is 4.69. The van der Waals surface area contributed by atoms with Crippen molar-refractivity contribution in [2.45, 2.75) is 6.54 Å². The van der Waals surface area contributed by atoms with E-state index in [4.69, 9.17) is 0 Å². The SMILES string of the molecule is Fc1ccc(Br)cc1NCc1ccncn1. The standard InChI is InChI=1S/C11H9BrFN3/c12-8-1-2-10(13)11(5-8)15-6-9-3-4-14-7-16-9/h1-5,7,15H,6H2. The summed E-state index contributed by atoms with van der Waals surface area (Å²) in [7, 11) is 0. The van der Waals surface area contributed by atoms with Gasteiger partial charge in [0.2, 0.25) is 0 Å². The van der Waals surface area contributed by atoms with E-state index in [2.05, 4.69) is 31.2 Å². The maximum absolute atomic E-state index is 13.4. The average Bonchev–Trinajstić information content (AvgIpc) is 2.32. The number of halogens is 2. The van der Waals surface area contributed by atoms with Crippen LogP contribution in [0.1, 0.15) is 5.69 Å². The van der Waals surface area contributed by atoms with Gasteiger partial charge in [0.15, 0.2) is 0 Å². The molecular weight excluding hydrogens is 273 g/mol. The first-order valence-corrected chi connectivity index (χ1v) is 5.49. The van der Waals surface area contributed by atoms with Crippen molar-refractivity contribution in [1.82, 2.24) is 9.97 Å². The Morgan fingerprint density at radius 3 is 2.94 bits per heavy atom. The van der Waals surface area contributed by atoms with Crippen LogP contribution in [0.5, 0.6) is 0 Å². The van der Waals surface area contributed by atoms with Gasteiger partial charge < -0.3 is 5.32 Å². The Bertz CT molecular complexity index is 476. The number of hydrogen-bond donors (Lipinski definition) is 1. The van der Waals surface area contributed by atoms with Gasteiger partial charge in [-0.05, 0) is 24.3 Å². The third kappa shape index (κ3) is 2.76. The Balaban J connectivity index is 2.08. The number of benzene rings is 1. The van der Waals surface area contributed by atoms with Crippen LogP contribution >= 0.6 is 15.9 Å². The van der Waals surface area contributed by atoms with Crippen molar-refractivity contribution in [3.05, 3.63) is 52.8 Å². The van der Waals surface area contributed by atoms with Crippen LogP contribution in [0.3, 0.4) is 0 Å². The topological polar surface area (TPSA) is 37.8 Å². The highest BCUT2D eigenvalue weighted by molar-refractivity contribution is 9.10. The normalized spacial score (nSPS) is 10.1. The third-order valence-corrected chi connectivity index (χ3v) is 2.52. The minimum atomic E-state index is -0.280. The van der Waals surface area contributed by atoms with Crippen molar-refractivity contribution in [2.75, 3.05) is 5.32 Å². The number of nitrogens with one attached hydrogen (secondary N) is 1. The van der Waals surface area contributed by atoms with Crippen LogP contribution in [-0.4, -0.2) is 9.97 Å². The number of anilines is 1. The second kappa shape index (κ2) is 5.03. The van der Waals surface area contributed by atoms with Crippen molar-refractivity contribution in [3.63, 3.8) is 0 Å². The van der Waals surface area contributed by atoms with Gasteiger partial charge in [0.25, 0.3) is 0 Å². The minimum absolute atomic E-state index is 0.280. The smallest absolute Gasteiger partial charge is 0.146 e. The molecule has 0 aliphatic rings. The van der Waals surface area contributed by atoms with E-state index in [1.165, 1.54) is 12.4 Å².